The van der Waals surface area contributed by atoms with Gasteiger partial charge in [0.25, 0.3) is 0 Å². The van der Waals surface area contributed by atoms with Gasteiger partial charge in [-0.25, -0.2) is 0 Å². The van der Waals surface area contributed by atoms with Crippen LogP contribution in [0.25, 0.3) is 0 Å². The molecule has 0 N–H and O–H groups in total. The Labute approximate surface area is 142 Å². The van der Waals surface area contributed by atoms with E-state index >= 15 is 0 Å². The Balaban J connectivity index is -0.00000112. The van der Waals surface area contributed by atoms with E-state index in [4.69, 9.17) is 17.0 Å². The van der Waals surface area contributed by atoms with Crippen LogP contribution in [0, 0.1) is 0 Å². The average molecular weight is 286 g/mol. The van der Waals surface area contributed by atoms with Crippen molar-refractivity contribution in [3.8, 4) is 0 Å². The summed E-state index contributed by atoms with van der Waals surface area (Å²) in [6.45, 7) is 3.00. The molecule has 0 aliphatic carbocycles. The third-order valence-electron chi connectivity index (χ3n) is 2.72. The maximum Gasteiger partial charge on any atom is 1.00 e. The third-order valence-corrected chi connectivity index (χ3v) is 2.97. The second kappa shape index (κ2) is 17.2. The number of rotatable bonds is 11. The summed E-state index contributed by atoms with van der Waals surface area (Å²) in [5.74, 6) is 0. The Morgan fingerprint density at radius 1 is 0.941 bits per heavy atom. The summed E-state index contributed by atoms with van der Waals surface area (Å²) in [7, 11) is 0. The minimum absolute atomic E-state index is 0. The first-order valence-corrected chi connectivity index (χ1v) is 7.48. The molecular weight excluding hydrogens is 259 g/mol. The largest absolute Gasteiger partial charge is 1.00 e. The second-order valence-electron chi connectivity index (χ2n) is 4.30. The standard InChI is InChI=1S/C13H26OS2.Na.H/c1-2-3-4-5-6-7-8-9-10-11-12-14-13(15)16;;/h2-12H2,1H3,(H,15,16);;/q;+1;-1. The summed E-state index contributed by atoms with van der Waals surface area (Å²) in [5, 5.41) is 0. The van der Waals surface area contributed by atoms with E-state index < -0.39 is 0 Å². The van der Waals surface area contributed by atoms with Crippen LogP contribution in [0.15, 0.2) is 0 Å². The minimum Gasteiger partial charge on any atom is -1.00 e. The predicted molar refractivity (Wildman–Crippen MR) is 80.5 cm³/mol. The molecule has 0 atom stereocenters. The van der Waals surface area contributed by atoms with E-state index in [2.05, 4.69) is 19.6 Å². The van der Waals surface area contributed by atoms with Gasteiger partial charge in [-0.05, 0) is 18.6 Å². The zero-order chi connectivity index (χ0) is 12.1. The van der Waals surface area contributed by atoms with Crippen molar-refractivity contribution in [3.63, 3.8) is 0 Å². The van der Waals surface area contributed by atoms with E-state index in [0.717, 1.165) is 13.0 Å². The summed E-state index contributed by atoms with van der Waals surface area (Å²) in [4.78, 5) is 0. The van der Waals surface area contributed by atoms with E-state index in [0.29, 0.717) is 4.38 Å². The minimum atomic E-state index is 0. The quantitative estimate of drug-likeness (QED) is 0.270. The normalized spacial score (nSPS) is 9.76. The van der Waals surface area contributed by atoms with Gasteiger partial charge in [-0.1, -0.05) is 77.3 Å². The van der Waals surface area contributed by atoms with Crippen LogP contribution in [-0.2, 0) is 4.74 Å². The SMILES string of the molecule is CCCCCCCCCCCCOC(=S)S.[H-].[Na+]. The molecule has 0 radical (unpaired) electrons. The van der Waals surface area contributed by atoms with Crippen molar-refractivity contribution in [1.29, 1.82) is 0 Å². The van der Waals surface area contributed by atoms with Gasteiger partial charge >= 0.3 is 29.6 Å². The molecule has 0 rings (SSSR count). The summed E-state index contributed by atoms with van der Waals surface area (Å²) in [6, 6.07) is 0. The van der Waals surface area contributed by atoms with Crippen LogP contribution in [0.1, 0.15) is 72.6 Å². The molecule has 0 bridgehead atoms. The molecule has 4 heteroatoms. The Bertz CT molecular complexity index is 171. The molecule has 0 fully saturated rings. The Morgan fingerprint density at radius 3 is 1.76 bits per heavy atom. The van der Waals surface area contributed by atoms with Gasteiger partial charge in [-0.15, -0.1) is 0 Å². The molecular formula is C13H27NaOS2. The van der Waals surface area contributed by atoms with Gasteiger partial charge in [0.05, 0.1) is 6.61 Å². The molecule has 0 unspecified atom stereocenters. The van der Waals surface area contributed by atoms with Gasteiger partial charge in [0.1, 0.15) is 0 Å². The van der Waals surface area contributed by atoms with E-state index in [-0.39, 0.29) is 31.0 Å². The van der Waals surface area contributed by atoms with Crippen molar-refractivity contribution < 1.29 is 35.7 Å². The van der Waals surface area contributed by atoms with Crippen LogP contribution in [-0.4, -0.2) is 11.0 Å². The molecule has 0 aromatic heterocycles. The zero-order valence-corrected chi connectivity index (χ0v) is 15.3. The van der Waals surface area contributed by atoms with Crippen LogP contribution >= 0.6 is 24.8 Å². The van der Waals surface area contributed by atoms with Crippen LogP contribution in [0.3, 0.4) is 0 Å². The van der Waals surface area contributed by atoms with Crippen molar-refractivity contribution in [2.24, 2.45) is 0 Å². The van der Waals surface area contributed by atoms with Crippen molar-refractivity contribution in [3.05, 3.63) is 0 Å². The Hall–Kier alpha value is 1.24. The third kappa shape index (κ3) is 19.7. The fraction of sp³-hybridized carbons (Fsp3) is 0.923. The maximum atomic E-state index is 5.11. The molecule has 0 aromatic carbocycles. The predicted octanol–water partition coefficient (Wildman–Crippen LogP) is 2.26. The van der Waals surface area contributed by atoms with E-state index in [9.17, 15) is 0 Å². The first-order valence-electron chi connectivity index (χ1n) is 6.63. The van der Waals surface area contributed by atoms with Crippen LogP contribution in [0.2, 0.25) is 0 Å². The topological polar surface area (TPSA) is 9.23 Å². The molecule has 1 nitrogen and oxygen atoms in total. The van der Waals surface area contributed by atoms with Crippen molar-refractivity contribution in [2.75, 3.05) is 6.61 Å². The number of thiol groups is 1. The van der Waals surface area contributed by atoms with Crippen molar-refractivity contribution in [2.45, 2.75) is 71.1 Å². The van der Waals surface area contributed by atoms with Crippen LogP contribution in [0.4, 0.5) is 0 Å². The monoisotopic (exact) mass is 286 g/mol. The molecule has 0 aromatic rings. The summed E-state index contributed by atoms with van der Waals surface area (Å²) < 4.78 is 5.48. The molecule has 0 spiro atoms. The van der Waals surface area contributed by atoms with Gasteiger partial charge < -0.3 is 6.16 Å². The zero-order valence-electron chi connectivity index (χ0n) is 12.5. The van der Waals surface area contributed by atoms with Crippen LogP contribution in [0.5, 0.6) is 0 Å². The fourth-order valence-electron chi connectivity index (χ4n) is 1.75. The first kappa shape index (κ1) is 20.6. The van der Waals surface area contributed by atoms with Gasteiger partial charge in [0.15, 0.2) is 0 Å². The average Bonchev–Trinajstić information content (AvgIpc) is 2.25. The summed E-state index contributed by atoms with van der Waals surface area (Å²) >= 11 is 8.61. The van der Waals surface area contributed by atoms with Crippen molar-refractivity contribution >= 4 is 29.2 Å². The molecule has 0 saturated heterocycles. The second-order valence-corrected chi connectivity index (χ2v) is 5.38. The van der Waals surface area contributed by atoms with Gasteiger partial charge in [0, 0.05) is 0 Å². The van der Waals surface area contributed by atoms with Crippen LogP contribution < -0.4 is 29.6 Å². The van der Waals surface area contributed by atoms with Gasteiger partial charge in [-0.2, -0.15) is 0 Å². The smallest absolute Gasteiger partial charge is 1.00 e. The maximum absolute atomic E-state index is 5.11. The first-order chi connectivity index (χ1) is 7.77. The van der Waals surface area contributed by atoms with Gasteiger partial charge in [0.2, 0.25) is 4.38 Å². The number of thiocarbonyl (C=S) groups is 1. The summed E-state index contributed by atoms with van der Waals surface area (Å²) in [6.07, 6.45) is 13.5. The molecule has 0 aliphatic rings. The summed E-state index contributed by atoms with van der Waals surface area (Å²) in [5.41, 5.74) is 0. The van der Waals surface area contributed by atoms with Gasteiger partial charge in [-0.3, -0.25) is 0 Å². The number of ether oxygens (including phenoxy) is 1. The van der Waals surface area contributed by atoms with E-state index in [1.807, 2.05) is 0 Å². The Morgan fingerprint density at radius 2 is 1.35 bits per heavy atom. The molecule has 98 valence electrons. The number of unbranched alkanes of at least 4 members (excludes halogenated alkanes) is 9. The number of hydrogen-bond donors (Lipinski definition) is 1. The fourth-order valence-corrected chi connectivity index (χ4v) is 1.92. The van der Waals surface area contributed by atoms with E-state index in [1.165, 1.54) is 57.8 Å². The molecule has 17 heavy (non-hydrogen) atoms. The number of hydrogen-bond acceptors (Lipinski definition) is 2. The van der Waals surface area contributed by atoms with Crippen molar-refractivity contribution in [1.82, 2.24) is 0 Å². The molecule has 0 heterocycles. The molecule has 0 amide bonds. The molecule has 0 aliphatic heterocycles. The Kier molecular flexibility index (Phi) is 20.8. The molecule has 0 saturated carbocycles. The van der Waals surface area contributed by atoms with E-state index in [1.54, 1.807) is 0 Å².